The molecule has 5 nitrogen and oxygen atoms in total. The van der Waals surface area contributed by atoms with Gasteiger partial charge >= 0.3 is 17.9 Å². The lowest BCUT2D eigenvalue weighted by atomic mass is 10.1. The van der Waals surface area contributed by atoms with E-state index in [2.05, 4.69) is 11.7 Å². The van der Waals surface area contributed by atoms with Gasteiger partial charge in [0.15, 0.2) is 0 Å². The van der Waals surface area contributed by atoms with E-state index in [1.54, 1.807) is 0 Å². The molecular formula is C16H26O5. The summed E-state index contributed by atoms with van der Waals surface area (Å²) in [5.41, 5.74) is 0. The summed E-state index contributed by atoms with van der Waals surface area (Å²) in [6.45, 7) is 2.21. The van der Waals surface area contributed by atoms with Gasteiger partial charge in [-0.1, -0.05) is 58.3 Å². The number of unbranched alkanes of at least 4 members (excludes halogenated alkanes) is 8. The molecule has 120 valence electrons. The average molecular weight is 298 g/mol. The van der Waals surface area contributed by atoms with Gasteiger partial charge in [0.05, 0.1) is 6.42 Å². The molecule has 1 rings (SSSR count). The van der Waals surface area contributed by atoms with Crippen molar-refractivity contribution in [3.05, 3.63) is 0 Å². The third-order valence-electron chi connectivity index (χ3n) is 3.59. The van der Waals surface area contributed by atoms with E-state index in [-0.39, 0.29) is 6.42 Å². The zero-order chi connectivity index (χ0) is 15.5. The molecule has 1 unspecified atom stereocenters. The Balaban J connectivity index is 1.94. The number of cyclic esters (lactones) is 2. The molecule has 1 atom stereocenters. The molecule has 0 N–H and O–H groups in total. The number of esters is 3. The first-order valence-electron chi connectivity index (χ1n) is 8.07. The Hall–Kier alpha value is -1.39. The fourth-order valence-corrected chi connectivity index (χ4v) is 2.34. The van der Waals surface area contributed by atoms with Crippen molar-refractivity contribution >= 4 is 17.9 Å². The van der Waals surface area contributed by atoms with Crippen molar-refractivity contribution in [1.82, 2.24) is 0 Å². The molecule has 0 aliphatic carbocycles. The Morgan fingerprint density at radius 3 is 2.14 bits per heavy atom. The number of carbonyl (C=O) groups excluding carboxylic acids is 3. The van der Waals surface area contributed by atoms with Gasteiger partial charge in [-0.3, -0.25) is 9.59 Å². The van der Waals surface area contributed by atoms with Gasteiger partial charge in [-0.15, -0.1) is 0 Å². The van der Waals surface area contributed by atoms with Crippen LogP contribution in [0, 0.1) is 0 Å². The Labute approximate surface area is 126 Å². The van der Waals surface area contributed by atoms with Crippen molar-refractivity contribution in [2.24, 2.45) is 0 Å². The van der Waals surface area contributed by atoms with Crippen molar-refractivity contribution in [2.45, 2.75) is 83.7 Å². The van der Waals surface area contributed by atoms with E-state index in [1.165, 1.54) is 38.5 Å². The minimum atomic E-state index is -1.02. The first-order valence-corrected chi connectivity index (χ1v) is 8.07. The zero-order valence-electron chi connectivity index (χ0n) is 12.9. The van der Waals surface area contributed by atoms with Crippen LogP contribution in [0.15, 0.2) is 0 Å². The predicted molar refractivity (Wildman–Crippen MR) is 77.4 cm³/mol. The maximum atomic E-state index is 11.5. The lowest BCUT2D eigenvalue weighted by molar-refractivity contribution is -0.162. The SMILES string of the molecule is CCCCCCCCCCCC(=O)OC1CC(=O)OC1=O. The summed E-state index contributed by atoms with van der Waals surface area (Å²) in [6.07, 6.45) is 9.69. The summed E-state index contributed by atoms with van der Waals surface area (Å²) < 4.78 is 9.25. The van der Waals surface area contributed by atoms with E-state index >= 15 is 0 Å². The maximum Gasteiger partial charge on any atom is 0.355 e. The van der Waals surface area contributed by atoms with Gasteiger partial charge in [-0.2, -0.15) is 0 Å². The summed E-state index contributed by atoms with van der Waals surface area (Å²) >= 11 is 0. The van der Waals surface area contributed by atoms with E-state index in [4.69, 9.17) is 4.74 Å². The minimum absolute atomic E-state index is 0.150. The second kappa shape index (κ2) is 10.4. The van der Waals surface area contributed by atoms with Crippen LogP contribution in [0.3, 0.4) is 0 Å². The molecule has 1 fully saturated rings. The Morgan fingerprint density at radius 1 is 1.05 bits per heavy atom. The topological polar surface area (TPSA) is 69.7 Å². The summed E-state index contributed by atoms with van der Waals surface area (Å²) in [6, 6.07) is 0. The van der Waals surface area contributed by atoms with Crippen molar-refractivity contribution < 1.29 is 23.9 Å². The summed E-state index contributed by atoms with van der Waals surface area (Å²) in [7, 11) is 0. The van der Waals surface area contributed by atoms with E-state index in [0.717, 1.165) is 19.3 Å². The fraction of sp³-hybridized carbons (Fsp3) is 0.812. The van der Waals surface area contributed by atoms with Crippen LogP contribution in [-0.2, 0) is 23.9 Å². The predicted octanol–water partition coefficient (Wildman–Crippen LogP) is 3.29. The highest BCUT2D eigenvalue weighted by Gasteiger charge is 2.36. The van der Waals surface area contributed by atoms with Crippen LogP contribution in [-0.4, -0.2) is 24.0 Å². The standard InChI is InChI=1S/C16H26O5/c1-2-3-4-5-6-7-8-9-10-11-14(17)20-13-12-15(18)21-16(13)19/h13H,2-12H2,1H3. The average Bonchev–Trinajstić information content (AvgIpc) is 2.75. The van der Waals surface area contributed by atoms with E-state index in [1.807, 2.05) is 0 Å². The Kier molecular flexibility index (Phi) is 8.71. The highest BCUT2D eigenvalue weighted by atomic mass is 16.6. The monoisotopic (exact) mass is 298 g/mol. The van der Waals surface area contributed by atoms with Gasteiger partial charge in [0.2, 0.25) is 6.10 Å². The van der Waals surface area contributed by atoms with Gasteiger partial charge in [0.25, 0.3) is 0 Å². The van der Waals surface area contributed by atoms with Crippen molar-refractivity contribution in [3.63, 3.8) is 0 Å². The number of rotatable bonds is 11. The number of hydrogen-bond acceptors (Lipinski definition) is 5. The molecule has 1 heterocycles. The molecule has 0 aromatic carbocycles. The van der Waals surface area contributed by atoms with Crippen LogP contribution in [0.1, 0.15) is 77.6 Å². The molecule has 1 aliphatic rings. The minimum Gasteiger partial charge on any atom is -0.450 e. The van der Waals surface area contributed by atoms with Crippen molar-refractivity contribution in [1.29, 1.82) is 0 Å². The molecule has 0 radical (unpaired) electrons. The molecule has 21 heavy (non-hydrogen) atoms. The normalized spacial score (nSPS) is 17.9. The van der Waals surface area contributed by atoms with Crippen LogP contribution in [0.2, 0.25) is 0 Å². The zero-order valence-corrected chi connectivity index (χ0v) is 12.9. The van der Waals surface area contributed by atoms with Crippen molar-refractivity contribution in [3.8, 4) is 0 Å². The van der Waals surface area contributed by atoms with Gasteiger partial charge in [-0.25, -0.2) is 4.79 Å². The molecular weight excluding hydrogens is 272 g/mol. The second-order valence-corrected chi connectivity index (χ2v) is 5.55. The van der Waals surface area contributed by atoms with Gasteiger partial charge in [-0.05, 0) is 6.42 Å². The lowest BCUT2D eigenvalue weighted by Gasteiger charge is -2.07. The van der Waals surface area contributed by atoms with Gasteiger partial charge in [0, 0.05) is 6.42 Å². The smallest absolute Gasteiger partial charge is 0.355 e. The molecule has 1 saturated heterocycles. The second-order valence-electron chi connectivity index (χ2n) is 5.55. The van der Waals surface area contributed by atoms with Gasteiger partial charge < -0.3 is 9.47 Å². The molecule has 1 aliphatic heterocycles. The molecule has 5 heteroatoms. The Bertz CT molecular complexity index is 351. The first-order chi connectivity index (χ1) is 10.1. The van der Waals surface area contributed by atoms with Crippen LogP contribution in [0.4, 0.5) is 0 Å². The molecule has 0 aromatic rings. The van der Waals surface area contributed by atoms with E-state index in [0.29, 0.717) is 6.42 Å². The third-order valence-corrected chi connectivity index (χ3v) is 3.59. The van der Waals surface area contributed by atoms with E-state index in [9.17, 15) is 14.4 Å². The highest BCUT2D eigenvalue weighted by molar-refractivity contribution is 5.97. The van der Waals surface area contributed by atoms with Crippen LogP contribution in [0.25, 0.3) is 0 Å². The quantitative estimate of drug-likeness (QED) is 0.332. The molecule has 0 amide bonds. The van der Waals surface area contributed by atoms with Crippen LogP contribution < -0.4 is 0 Å². The Morgan fingerprint density at radius 2 is 1.62 bits per heavy atom. The van der Waals surface area contributed by atoms with Gasteiger partial charge in [0.1, 0.15) is 0 Å². The third kappa shape index (κ3) is 7.83. The molecule has 0 saturated carbocycles. The molecule has 0 aromatic heterocycles. The largest absolute Gasteiger partial charge is 0.450 e. The maximum absolute atomic E-state index is 11.5. The molecule has 0 bridgehead atoms. The molecule has 0 spiro atoms. The summed E-state index contributed by atoms with van der Waals surface area (Å²) in [4.78, 5) is 33.5. The highest BCUT2D eigenvalue weighted by Crippen LogP contribution is 2.14. The summed E-state index contributed by atoms with van der Waals surface area (Å²) in [5.74, 6) is -1.80. The van der Waals surface area contributed by atoms with Crippen LogP contribution in [0.5, 0.6) is 0 Å². The lowest BCUT2D eigenvalue weighted by Crippen LogP contribution is -2.22. The summed E-state index contributed by atoms with van der Waals surface area (Å²) in [5, 5.41) is 0. The van der Waals surface area contributed by atoms with Crippen molar-refractivity contribution in [2.75, 3.05) is 0 Å². The fourth-order valence-electron chi connectivity index (χ4n) is 2.34. The first kappa shape index (κ1) is 17.7. The number of ether oxygens (including phenoxy) is 2. The number of carbonyl (C=O) groups is 3. The van der Waals surface area contributed by atoms with E-state index < -0.39 is 24.0 Å². The number of hydrogen-bond donors (Lipinski definition) is 0. The van der Waals surface area contributed by atoms with Crippen LogP contribution >= 0.6 is 0 Å².